The molecule has 1 aliphatic rings. The van der Waals surface area contributed by atoms with Crippen LogP contribution in [0.2, 0.25) is 0 Å². The van der Waals surface area contributed by atoms with Crippen molar-refractivity contribution in [1.29, 1.82) is 0 Å². The van der Waals surface area contributed by atoms with Crippen molar-refractivity contribution in [2.45, 2.75) is 39.0 Å². The van der Waals surface area contributed by atoms with Crippen LogP contribution in [0.15, 0.2) is 0 Å². The third-order valence-electron chi connectivity index (χ3n) is 3.79. The Labute approximate surface area is 102 Å². The molecular weight excluding hydrogens is 220 g/mol. The lowest BCUT2D eigenvalue weighted by atomic mass is 9.67. The van der Waals surface area contributed by atoms with Crippen molar-refractivity contribution in [3.05, 3.63) is 0 Å². The summed E-state index contributed by atoms with van der Waals surface area (Å²) in [5.41, 5.74) is 0.295. The van der Waals surface area contributed by atoms with Crippen molar-refractivity contribution in [1.82, 2.24) is 10.2 Å². The minimum Gasteiger partial charge on any atom is -0.481 e. The molecular formula is C12H22N2O3. The number of aliphatic carboxylic acids is 1. The van der Waals surface area contributed by atoms with Gasteiger partial charge in [-0.3, -0.25) is 4.79 Å². The van der Waals surface area contributed by atoms with Crippen LogP contribution in [0.3, 0.4) is 0 Å². The van der Waals surface area contributed by atoms with Gasteiger partial charge in [0.15, 0.2) is 0 Å². The summed E-state index contributed by atoms with van der Waals surface area (Å²) in [5, 5.41) is 11.4. The van der Waals surface area contributed by atoms with Gasteiger partial charge in [-0.15, -0.1) is 0 Å². The van der Waals surface area contributed by atoms with Crippen molar-refractivity contribution >= 4 is 12.0 Å². The average molecular weight is 242 g/mol. The summed E-state index contributed by atoms with van der Waals surface area (Å²) in [5.74, 6) is -0.881. The zero-order chi connectivity index (χ0) is 12.9. The van der Waals surface area contributed by atoms with Gasteiger partial charge in [0.05, 0.1) is 6.42 Å². The van der Waals surface area contributed by atoms with Gasteiger partial charge in [0, 0.05) is 20.1 Å². The highest BCUT2D eigenvalue weighted by Gasteiger charge is 2.35. The largest absolute Gasteiger partial charge is 0.481 e. The first-order valence-corrected chi connectivity index (χ1v) is 6.20. The Morgan fingerprint density at radius 3 is 2.47 bits per heavy atom. The van der Waals surface area contributed by atoms with Crippen LogP contribution < -0.4 is 5.32 Å². The Balaban J connectivity index is 2.26. The Hall–Kier alpha value is -1.26. The Kier molecular flexibility index (Phi) is 4.78. The molecule has 0 aliphatic heterocycles. The SMILES string of the molecule is CCC1(CNC(=O)N(C)CCC(=O)O)CCC1. The van der Waals surface area contributed by atoms with Crippen molar-refractivity contribution in [3.63, 3.8) is 0 Å². The molecule has 5 nitrogen and oxygen atoms in total. The van der Waals surface area contributed by atoms with Gasteiger partial charge in [-0.05, 0) is 24.7 Å². The molecule has 1 fully saturated rings. The van der Waals surface area contributed by atoms with E-state index in [9.17, 15) is 9.59 Å². The minimum atomic E-state index is -0.881. The van der Waals surface area contributed by atoms with Gasteiger partial charge in [0.25, 0.3) is 0 Å². The maximum atomic E-state index is 11.7. The molecule has 1 aliphatic carbocycles. The van der Waals surface area contributed by atoms with E-state index in [1.165, 1.54) is 24.2 Å². The maximum Gasteiger partial charge on any atom is 0.317 e. The van der Waals surface area contributed by atoms with E-state index >= 15 is 0 Å². The number of carbonyl (C=O) groups excluding carboxylic acids is 1. The average Bonchev–Trinajstić information content (AvgIpc) is 2.24. The van der Waals surface area contributed by atoms with Crippen molar-refractivity contribution in [2.24, 2.45) is 5.41 Å². The molecule has 0 spiro atoms. The maximum absolute atomic E-state index is 11.7. The van der Waals surface area contributed by atoms with Crippen LogP contribution in [0.1, 0.15) is 39.0 Å². The van der Waals surface area contributed by atoms with Crippen molar-refractivity contribution in [2.75, 3.05) is 20.1 Å². The Bertz CT molecular complexity index is 282. The predicted octanol–water partition coefficient (Wildman–Crippen LogP) is 1.68. The molecule has 2 N–H and O–H groups in total. The number of nitrogens with zero attached hydrogens (tertiary/aromatic N) is 1. The number of carboxylic acids is 1. The molecule has 0 unspecified atom stereocenters. The number of urea groups is 1. The Morgan fingerprint density at radius 1 is 1.41 bits per heavy atom. The highest BCUT2D eigenvalue weighted by molar-refractivity contribution is 5.75. The van der Waals surface area contributed by atoms with Crippen LogP contribution in [-0.4, -0.2) is 42.1 Å². The predicted molar refractivity (Wildman–Crippen MR) is 64.9 cm³/mol. The first-order chi connectivity index (χ1) is 7.99. The smallest absolute Gasteiger partial charge is 0.317 e. The zero-order valence-corrected chi connectivity index (χ0v) is 10.7. The summed E-state index contributed by atoms with van der Waals surface area (Å²) < 4.78 is 0. The molecule has 0 radical (unpaired) electrons. The molecule has 5 heteroatoms. The molecule has 1 rings (SSSR count). The van der Waals surface area contributed by atoms with Crippen LogP contribution in [0, 0.1) is 5.41 Å². The van der Waals surface area contributed by atoms with Crippen LogP contribution in [0.5, 0.6) is 0 Å². The van der Waals surface area contributed by atoms with Gasteiger partial charge >= 0.3 is 12.0 Å². The van der Waals surface area contributed by atoms with Gasteiger partial charge in [0.1, 0.15) is 0 Å². The lowest BCUT2D eigenvalue weighted by molar-refractivity contribution is -0.137. The second-order valence-electron chi connectivity index (χ2n) is 4.93. The van der Waals surface area contributed by atoms with Gasteiger partial charge in [0.2, 0.25) is 0 Å². The van der Waals surface area contributed by atoms with E-state index in [4.69, 9.17) is 5.11 Å². The number of hydrogen-bond donors (Lipinski definition) is 2. The number of carboxylic acid groups (broad SMARTS) is 1. The first kappa shape index (κ1) is 13.8. The quantitative estimate of drug-likeness (QED) is 0.744. The summed E-state index contributed by atoms with van der Waals surface area (Å²) >= 11 is 0. The van der Waals surface area contributed by atoms with Crippen LogP contribution in [0.4, 0.5) is 4.79 Å². The van der Waals surface area contributed by atoms with E-state index in [0.29, 0.717) is 12.0 Å². The number of hydrogen-bond acceptors (Lipinski definition) is 2. The van der Waals surface area contributed by atoms with E-state index in [1.54, 1.807) is 7.05 Å². The second kappa shape index (κ2) is 5.89. The molecule has 17 heavy (non-hydrogen) atoms. The fourth-order valence-corrected chi connectivity index (χ4v) is 2.10. The van der Waals surface area contributed by atoms with Crippen molar-refractivity contribution < 1.29 is 14.7 Å². The summed E-state index contributed by atoms with van der Waals surface area (Å²) in [6, 6.07) is -0.175. The standard InChI is InChI=1S/C12H22N2O3/c1-3-12(6-4-7-12)9-13-11(17)14(2)8-5-10(15)16/h3-9H2,1-2H3,(H,13,17)(H,15,16). The van der Waals surface area contributed by atoms with E-state index in [1.807, 2.05) is 0 Å². The fraction of sp³-hybridized carbons (Fsp3) is 0.833. The number of carbonyl (C=O) groups is 2. The molecule has 0 heterocycles. The van der Waals surface area contributed by atoms with E-state index < -0.39 is 5.97 Å². The molecule has 2 amide bonds. The van der Waals surface area contributed by atoms with Gasteiger partial charge < -0.3 is 15.3 Å². The van der Waals surface area contributed by atoms with Gasteiger partial charge in [-0.1, -0.05) is 13.3 Å². The van der Waals surface area contributed by atoms with E-state index in [-0.39, 0.29) is 19.0 Å². The third-order valence-corrected chi connectivity index (χ3v) is 3.79. The lowest BCUT2D eigenvalue weighted by Gasteiger charge is -2.41. The molecule has 0 aromatic rings. The molecule has 0 aromatic heterocycles. The molecule has 1 saturated carbocycles. The Morgan fingerprint density at radius 2 is 2.06 bits per heavy atom. The van der Waals surface area contributed by atoms with Crippen LogP contribution >= 0.6 is 0 Å². The number of nitrogens with one attached hydrogen (secondary N) is 1. The van der Waals surface area contributed by atoms with Crippen LogP contribution in [0.25, 0.3) is 0 Å². The van der Waals surface area contributed by atoms with Gasteiger partial charge in [-0.25, -0.2) is 4.79 Å². The van der Waals surface area contributed by atoms with Crippen molar-refractivity contribution in [3.8, 4) is 0 Å². The summed E-state index contributed by atoms with van der Waals surface area (Å²) in [6.45, 7) is 3.11. The minimum absolute atomic E-state index is 0.0111. The topological polar surface area (TPSA) is 69.6 Å². The molecule has 0 aromatic carbocycles. The number of rotatable bonds is 6. The highest BCUT2D eigenvalue weighted by Crippen LogP contribution is 2.42. The fourth-order valence-electron chi connectivity index (χ4n) is 2.10. The molecule has 0 atom stereocenters. The molecule has 0 saturated heterocycles. The highest BCUT2D eigenvalue weighted by atomic mass is 16.4. The normalized spacial score (nSPS) is 17.1. The summed E-state index contributed by atoms with van der Waals surface area (Å²) in [7, 11) is 1.62. The summed E-state index contributed by atoms with van der Waals surface area (Å²) in [4.78, 5) is 23.5. The molecule has 0 bridgehead atoms. The van der Waals surface area contributed by atoms with Crippen LogP contribution in [-0.2, 0) is 4.79 Å². The molecule has 98 valence electrons. The van der Waals surface area contributed by atoms with E-state index in [0.717, 1.165) is 6.42 Å². The first-order valence-electron chi connectivity index (χ1n) is 6.20. The number of amides is 2. The summed E-state index contributed by atoms with van der Waals surface area (Å²) in [6.07, 6.45) is 4.69. The third kappa shape index (κ3) is 3.91. The van der Waals surface area contributed by atoms with E-state index in [2.05, 4.69) is 12.2 Å². The zero-order valence-electron chi connectivity index (χ0n) is 10.7. The van der Waals surface area contributed by atoms with Gasteiger partial charge in [-0.2, -0.15) is 0 Å². The monoisotopic (exact) mass is 242 g/mol. The second-order valence-corrected chi connectivity index (χ2v) is 4.93. The lowest BCUT2D eigenvalue weighted by Crippen LogP contribution is -2.46.